The monoisotopic (exact) mass is 423 g/mol. The van der Waals surface area contributed by atoms with Crippen molar-refractivity contribution in [3.63, 3.8) is 0 Å². The van der Waals surface area contributed by atoms with E-state index in [1.165, 1.54) is 22.9 Å². The van der Waals surface area contributed by atoms with E-state index in [-0.39, 0.29) is 17.4 Å². The highest BCUT2D eigenvalue weighted by molar-refractivity contribution is 9.10. The minimum atomic E-state index is -0.559. The molecular formula is C18H22BrN3O4. The number of hydrogen-bond donors (Lipinski definition) is 1. The van der Waals surface area contributed by atoms with Crippen molar-refractivity contribution in [1.82, 2.24) is 9.47 Å². The zero-order valence-electron chi connectivity index (χ0n) is 15.0. The topological polar surface area (TPSA) is 84.6 Å². The quantitative estimate of drug-likeness (QED) is 0.740. The highest BCUT2D eigenvalue weighted by Gasteiger charge is 2.19. The Morgan fingerprint density at radius 2 is 1.88 bits per heavy atom. The van der Waals surface area contributed by atoms with Gasteiger partial charge >= 0.3 is 0 Å². The van der Waals surface area contributed by atoms with Crippen molar-refractivity contribution in [2.24, 2.45) is 7.05 Å². The summed E-state index contributed by atoms with van der Waals surface area (Å²) in [4.78, 5) is 39.1. The van der Waals surface area contributed by atoms with Crippen molar-refractivity contribution in [2.45, 2.75) is 26.7 Å². The average Bonchev–Trinajstić information content (AvgIpc) is 3.04. The first kappa shape index (κ1) is 20.0. The fourth-order valence-corrected chi connectivity index (χ4v) is 2.88. The van der Waals surface area contributed by atoms with Gasteiger partial charge in [0.25, 0.3) is 17.4 Å². The molecule has 0 fully saturated rings. The van der Waals surface area contributed by atoms with Crippen molar-refractivity contribution in [3.05, 3.63) is 50.7 Å². The minimum Gasteiger partial charge on any atom is -0.444 e. The van der Waals surface area contributed by atoms with E-state index in [2.05, 4.69) is 21.2 Å². The lowest BCUT2D eigenvalue weighted by molar-refractivity contribution is 0.0754. The third kappa shape index (κ3) is 4.63. The van der Waals surface area contributed by atoms with E-state index in [1.54, 1.807) is 18.0 Å². The summed E-state index contributed by atoms with van der Waals surface area (Å²) in [5.41, 5.74) is -0.0215. The number of aryl methyl sites for hydroxylation is 1. The number of aromatic nitrogens is 1. The van der Waals surface area contributed by atoms with Crippen LogP contribution in [0, 0.1) is 0 Å². The van der Waals surface area contributed by atoms with Gasteiger partial charge in [0.05, 0.1) is 5.56 Å². The molecule has 2 rings (SSSR count). The van der Waals surface area contributed by atoms with Crippen LogP contribution in [0.1, 0.15) is 47.6 Å². The second-order valence-corrected chi connectivity index (χ2v) is 6.69. The predicted molar refractivity (Wildman–Crippen MR) is 103 cm³/mol. The Morgan fingerprint density at radius 1 is 1.23 bits per heavy atom. The number of hydrogen-bond acceptors (Lipinski definition) is 4. The number of pyridine rings is 1. The third-order valence-corrected chi connectivity index (χ3v) is 4.18. The maximum absolute atomic E-state index is 12.8. The number of carbonyl (C=O) groups is 2. The first-order valence-corrected chi connectivity index (χ1v) is 9.23. The molecular weight excluding hydrogens is 402 g/mol. The van der Waals surface area contributed by atoms with Crippen molar-refractivity contribution in [2.75, 3.05) is 18.4 Å². The first-order valence-electron chi connectivity index (χ1n) is 8.44. The fraction of sp³-hybridized carbons (Fsp3) is 0.389. The lowest BCUT2D eigenvalue weighted by Crippen LogP contribution is -2.34. The van der Waals surface area contributed by atoms with Gasteiger partial charge in [0.2, 0.25) is 0 Å². The Balaban J connectivity index is 2.32. The van der Waals surface area contributed by atoms with Gasteiger partial charge in [-0.3, -0.25) is 14.4 Å². The summed E-state index contributed by atoms with van der Waals surface area (Å²) in [7, 11) is 1.54. The molecule has 2 amide bonds. The van der Waals surface area contributed by atoms with E-state index in [0.717, 1.165) is 12.8 Å². The lowest BCUT2D eigenvalue weighted by Gasteiger charge is -2.22. The number of furan rings is 1. The molecule has 0 atom stereocenters. The molecule has 0 aliphatic carbocycles. The van der Waals surface area contributed by atoms with Crippen LogP contribution in [0.2, 0.25) is 0 Å². The third-order valence-electron chi connectivity index (χ3n) is 3.75. The van der Waals surface area contributed by atoms with Gasteiger partial charge in [-0.15, -0.1) is 0 Å². The van der Waals surface area contributed by atoms with Crippen LogP contribution >= 0.6 is 15.9 Å². The van der Waals surface area contributed by atoms with Crippen LogP contribution in [-0.2, 0) is 7.05 Å². The molecule has 2 aromatic rings. The van der Waals surface area contributed by atoms with Crippen LogP contribution in [0.4, 0.5) is 5.69 Å². The number of halogens is 1. The average molecular weight is 424 g/mol. The molecule has 140 valence electrons. The van der Waals surface area contributed by atoms with E-state index >= 15 is 0 Å². The number of rotatable bonds is 7. The summed E-state index contributed by atoms with van der Waals surface area (Å²) in [6.07, 6.45) is 3.17. The van der Waals surface area contributed by atoms with Crippen molar-refractivity contribution in [1.29, 1.82) is 0 Å². The smallest absolute Gasteiger partial charge is 0.291 e. The molecule has 1 N–H and O–H groups in total. The number of carbonyl (C=O) groups excluding carboxylic acids is 2. The van der Waals surface area contributed by atoms with Crippen LogP contribution in [0.5, 0.6) is 0 Å². The van der Waals surface area contributed by atoms with Gasteiger partial charge in [-0.1, -0.05) is 13.8 Å². The minimum absolute atomic E-state index is 0.0313. The Bertz CT molecular complexity index is 850. The maximum Gasteiger partial charge on any atom is 0.291 e. The molecule has 26 heavy (non-hydrogen) atoms. The number of nitrogens with zero attached hydrogens (tertiary/aromatic N) is 2. The molecule has 0 spiro atoms. The Morgan fingerprint density at radius 3 is 2.42 bits per heavy atom. The van der Waals surface area contributed by atoms with Gasteiger partial charge in [-0.05, 0) is 47.0 Å². The zero-order chi connectivity index (χ0) is 19.3. The molecule has 2 aromatic heterocycles. The fourth-order valence-electron chi connectivity index (χ4n) is 2.58. The molecule has 0 unspecified atom stereocenters. The summed E-state index contributed by atoms with van der Waals surface area (Å²) in [6.45, 7) is 5.28. The SMILES string of the molecule is CCCN(CCC)C(=O)c1cc(NC(=O)c2ccc(Br)o2)c(=O)n(C)c1. The molecule has 8 heteroatoms. The molecule has 0 aliphatic rings. The van der Waals surface area contributed by atoms with Gasteiger partial charge in [0, 0.05) is 26.3 Å². The molecule has 0 saturated carbocycles. The highest BCUT2D eigenvalue weighted by Crippen LogP contribution is 2.16. The summed E-state index contributed by atoms with van der Waals surface area (Å²) in [5, 5.41) is 2.52. The van der Waals surface area contributed by atoms with E-state index in [0.29, 0.717) is 23.3 Å². The van der Waals surface area contributed by atoms with E-state index in [4.69, 9.17) is 4.42 Å². The Hall–Kier alpha value is -2.35. The summed E-state index contributed by atoms with van der Waals surface area (Å²) >= 11 is 3.13. The zero-order valence-corrected chi connectivity index (χ0v) is 16.6. The molecule has 0 aliphatic heterocycles. The van der Waals surface area contributed by atoms with Gasteiger partial charge in [-0.25, -0.2) is 0 Å². The molecule has 0 saturated heterocycles. The molecule has 0 radical (unpaired) electrons. The first-order chi connectivity index (χ1) is 12.4. The van der Waals surface area contributed by atoms with E-state index in [1.807, 2.05) is 13.8 Å². The standard InChI is InChI=1S/C18H22BrN3O4/c1-4-8-22(9-5-2)17(24)12-10-13(18(25)21(3)11-12)20-16(23)14-6-7-15(19)26-14/h6-7,10-11H,4-5,8-9H2,1-3H3,(H,20,23). The van der Waals surface area contributed by atoms with Crippen LogP contribution in [0.3, 0.4) is 0 Å². The molecule has 0 bridgehead atoms. The second kappa shape index (κ2) is 8.84. The summed E-state index contributed by atoms with van der Waals surface area (Å²) < 4.78 is 6.89. The largest absolute Gasteiger partial charge is 0.444 e. The summed E-state index contributed by atoms with van der Waals surface area (Å²) in [6, 6.07) is 4.49. The highest BCUT2D eigenvalue weighted by atomic mass is 79.9. The van der Waals surface area contributed by atoms with E-state index < -0.39 is 11.5 Å². The van der Waals surface area contributed by atoms with Crippen LogP contribution in [-0.4, -0.2) is 34.4 Å². The maximum atomic E-state index is 12.8. The number of nitrogens with one attached hydrogen (secondary N) is 1. The van der Waals surface area contributed by atoms with Crippen LogP contribution in [0.15, 0.2) is 38.3 Å². The summed E-state index contributed by atoms with van der Waals surface area (Å²) in [5.74, 6) is -0.661. The van der Waals surface area contributed by atoms with Gasteiger partial charge in [0.15, 0.2) is 10.4 Å². The number of anilines is 1. The number of amides is 2. The van der Waals surface area contributed by atoms with Crippen molar-refractivity contribution >= 4 is 33.4 Å². The van der Waals surface area contributed by atoms with Crippen molar-refractivity contribution < 1.29 is 14.0 Å². The van der Waals surface area contributed by atoms with Crippen LogP contribution in [0.25, 0.3) is 0 Å². The molecule has 2 heterocycles. The normalized spacial score (nSPS) is 10.6. The van der Waals surface area contributed by atoms with Gasteiger partial charge in [0.1, 0.15) is 5.69 Å². The molecule has 0 aromatic carbocycles. The van der Waals surface area contributed by atoms with Crippen LogP contribution < -0.4 is 10.9 Å². The second-order valence-electron chi connectivity index (χ2n) is 5.91. The lowest BCUT2D eigenvalue weighted by atomic mass is 10.2. The Kier molecular flexibility index (Phi) is 6.79. The van der Waals surface area contributed by atoms with Crippen molar-refractivity contribution in [3.8, 4) is 0 Å². The van der Waals surface area contributed by atoms with E-state index in [9.17, 15) is 14.4 Å². The predicted octanol–water partition coefficient (Wildman–Crippen LogP) is 3.26. The Labute approximate surface area is 160 Å². The molecule has 7 nitrogen and oxygen atoms in total. The van der Waals surface area contributed by atoms with Gasteiger partial charge in [-0.2, -0.15) is 0 Å². The van der Waals surface area contributed by atoms with Gasteiger partial charge < -0.3 is 19.2 Å².